The minimum Gasteiger partial charge on any atom is -0.458 e. The highest BCUT2D eigenvalue weighted by Crippen LogP contribution is 2.65. The Hall–Kier alpha value is -1.75. The summed E-state index contributed by atoms with van der Waals surface area (Å²) >= 11 is 0. The molecule has 0 heterocycles. The fourth-order valence-corrected chi connectivity index (χ4v) is 6.61. The minimum atomic E-state index is -1.45. The van der Waals surface area contributed by atoms with Crippen LogP contribution in [-0.2, 0) is 19.1 Å². The zero-order valence-electron chi connectivity index (χ0n) is 17.0. The Bertz CT molecular complexity index is 808. The zero-order chi connectivity index (χ0) is 20.3. The van der Waals surface area contributed by atoms with Gasteiger partial charge < -0.3 is 9.84 Å². The quantitative estimate of drug-likeness (QED) is 0.595. The predicted molar refractivity (Wildman–Crippen MR) is 103 cm³/mol. The molecular weight excluding hydrogens is 356 g/mol. The first-order valence-corrected chi connectivity index (χ1v) is 10.5. The van der Waals surface area contributed by atoms with Gasteiger partial charge in [0.1, 0.15) is 5.60 Å². The Morgan fingerprint density at radius 1 is 1.21 bits per heavy atom. The van der Waals surface area contributed by atoms with E-state index in [2.05, 4.69) is 13.0 Å². The van der Waals surface area contributed by atoms with Gasteiger partial charge in [-0.2, -0.15) is 0 Å². The molecule has 5 heteroatoms. The van der Waals surface area contributed by atoms with E-state index >= 15 is 0 Å². The van der Waals surface area contributed by atoms with Crippen molar-refractivity contribution in [1.82, 2.24) is 0 Å². The van der Waals surface area contributed by atoms with Gasteiger partial charge in [-0.3, -0.25) is 14.4 Å². The summed E-state index contributed by atoms with van der Waals surface area (Å²) in [6, 6.07) is 0. The summed E-state index contributed by atoms with van der Waals surface area (Å²) < 4.78 is 4.91. The van der Waals surface area contributed by atoms with Crippen molar-refractivity contribution < 1.29 is 24.2 Å². The second kappa shape index (κ2) is 6.38. The molecule has 1 N–H and O–H groups in total. The van der Waals surface area contributed by atoms with Gasteiger partial charge in [0.25, 0.3) is 0 Å². The van der Waals surface area contributed by atoms with Crippen LogP contribution in [0.25, 0.3) is 0 Å². The highest BCUT2D eigenvalue weighted by molar-refractivity contribution is 5.92. The summed E-state index contributed by atoms with van der Waals surface area (Å²) in [5.74, 6) is -0.0813. The first kappa shape index (κ1) is 19.6. The molecule has 4 rings (SSSR count). The van der Waals surface area contributed by atoms with E-state index in [-0.39, 0.29) is 29.5 Å². The second-order valence-corrected chi connectivity index (χ2v) is 9.60. The van der Waals surface area contributed by atoms with E-state index in [9.17, 15) is 19.5 Å². The molecule has 0 aromatic heterocycles. The lowest BCUT2D eigenvalue weighted by molar-refractivity contribution is -0.162. The predicted octanol–water partition coefficient (Wildman–Crippen LogP) is 3.30. The van der Waals surface area contributed by atoms with Crippen molar-refractivity contribution in [2.45, 2.75) is 71.3 Å². The molecule has 5 nitrogen and oxygen atoms in total. The van der Waals surface area contributed by atoms with Gasteiger partial charge in [0.05, 0.1) is 0 Å². The van der Waals surface area contributed by atoms with Crippen molar-refractivity contribution in [2.24, 2.45) is 22.7 Å². The molecule has 0 amide bonds. The molecule has 0 aliphatic heterocycles. The number of ether oxygens (including phenoxy) is 1. The maximum absolute atomic E-state index is 12.8. The number of carbonyl (C=O) groups is 3. The van der Waals surface area contributed by atoms with Crippen LogP contribution in [0.1, 0.15) is 65.7 Å². The van der Waals surface area contributed by atoms with Gasteiger partial charge in [-0.25, -0.2) is 0 Å². The minimum absolute atomic E-state index is 0.0549. The van der Waals surface area contributed by atoms with Gasteiger partial charge in [-0.1, -0.05) is 31.1 Å². The van der Waals surface area contributed by atoms with E-state index in [1.165, 1.54) is 18.1 Å². The maximum atomic E-state index is 12.8. The summed E-state index contributed by atoms with van der Waals surface area (Å²) in [6.45, 7) is 5.21. The topological polar surface area (TPSA) is 80.7 Å². The van der Waals surface area contributed by atoms with Crippen LogP contribution in [0.3, 0.4) is 0 Å². The molecular formula is C23H30O5. The highest BCUT2D eigenvalue weighted by Gasteiger charge is 2.64. The van der Waals surface area contributed by atoms with Crippen LogP contribution in [0.2, 0.25) is 0 Å². The van der Waals surface area contributed by atoms with E-state index in [0.717, 1.165) is 25.7 Å². The largest absolute Gasteiger partial charge is 0.458 e. The number of fused-ring (bicyclic) bond motifs is 5. The number of Topliss-reactive ketones (excluding diaryl/α,β-unsaturated/α-hetero) is 1. The summed E-state index contributed by atoms with van der Waals surface area (Å²) in [4.78, 5) is 35.9. The van der Waals surface area contributed by atoms with Gasteiger partial charge >= 0.3 is 5.97 Å². The average molecular weight is 386 g/mol. The number of esters is 1. The summed E-state index contributed by atoms with van der Waals surface area (Å²) in [7, 11) is 0. The number of allylic oxidation sites excluding steroid dienone is 4. The number of aliphatic hydroxyl groups is 1. The Morgan fingerprint density at radius 2 is 1.96 bits per heavy atom. The van der Waals surface area contributed by atoms with Gasteiger partial charge in [0.15, 0.2) is 12.4 Å². The first-order chi connectivity index (χ1) is 13.1. The molecule has 4 aliphatic carbocycles. The molecule has 0 saturated heterocycles. The summed E-state index contributed by atoms with van der Waals surface area (Å²) in [6.07, 6.45) is 9.31. The molecule has 0 spiro atoms. The van der Waals surface area contributed by atoms with Crippen LogP contribution in [0.5, 0.6) is 0 Å². The highest BCUT2D eigenvalue weighted by atomic mass is 16.5. The van der Waals surface area contributed by atoms with Crippen LogP contribution >= 0.6 is 0 Å². The fourth-order valence-electron chi connectivity index (χ4n) is 6.61. The smallest absolute Gasteiger partial charge is 0.303 e. The SMILES string of the molecule is CC(=O)OCC(=O)[C@]1(O)CC[C@@H]2[C@@H]3CCC4=CC(=O)CC[C@]4(C)C3=CC[C@]21C. The molecule has 0 radical (unpaired) electrons. The van der Waals surface area contributed by atoms with Crippen LogP contribution in [0.4, 0.5) is 0 Å². The number of hydrogen-bond acceptors (Lipinski definition) is 5. The first-order valence-electron chi connectivity index (χ1n) is 10.5. The summed E-state index contributed by atoms with van der Waals surface area (Å²) in [5, 5.41) is 11.4. The third-order valence-electron chi connectivity index (χ3n) is 8.36. The van der Waals surface area contributed by atoms with Gasteiger partial charge in [0, 0.05) is 24.2 Å². The standard InChI is InChI=1S/C23H30O5/c1-14(24)28-13-20(26)23(27)11-8-19-17-5-4-15-12-16(25)6-9-21(15,2)18(17)7-10-22(19,23)3/h7,12,17,19,27H,4-6,8-11,13H2,1-3H3/t17-,19-,21+,22-,23-/m1/s1. The molecule has 0 unspecified atom stereocenters. The average Bonchev–Trinajstić information content (AvgIpc) is 2.92. The molecule has 0 aromatic rings. The normalized spacial score (nSPS) is 41.9. The Labute approximate surface area is 166 Å². The van der Waals surface area contributed by atoms with Gasteiger partial charge in [-0.15, -0.1) is 0 Å². The lowest BCUT2D eigenvalue weighted by atomic mass is 9.50. The van der Waals surface area contributed by atoms with E-state index in [1.807, 2.05) is 13.0 Å². The van der Waals surface area contributed by atoms with Crippen molar-refractivity contribution >= 4 is 17.5 Å². The van der Waals surface area contributed by atoms with Crippen molar-refractivity contribution in [3.8, 4) is 0 Å². The third kappa shape index (κ3) is 2.58. The van der Waals surface area contributed by atoms with E-state index < -0.39 is 17.0 Å². The monoisotopic (exact) mass is 386 g/mol. The molecule has 152 valence electrons. The van der Waals surface area contributed by atoms with E-state index in [4.69, 9.17) is 4.74 Å². The van der Waals surface area contributed by atoms with Crippen molar-refractivity contribution in [2.75, 3.05) is 6.61 Å². The van der Waals surface area contributed by atoms with Crippen LogP contribution in [-0.4, -0.2) is 34.9 Å². The fraction of sp³-hybridized carbons (Fsp3) is 0.696. The molecule has 2 fully saturated rings. The molecule has 0 bridgehead atoms. The van der Waals surface area contributed by atoms with Crippen LogP contribution < -0.4 is 0 Å². The maximum Gasteiger partial charge on any atom is 0.303 e. The number of ketones is 2. The second-order valence-electron chi connectivity index (χ2n) is 9.60. The number of hydrogen-bond donors (Lipinski definition) is 1. The Kier molecular flexibility index (Phi) is 4.46. The molecule has 5 atom stereocenters. The Morgan fingerprint density at radius 3 is 2.68 bits per heavy atom. The van der Waals surface area contributed by atoms with Crippen molar-refractivity contribution in [3.05, 3.63) is 23.3 Å². The third-order valence-corrected chi connectivity index (χ3v) is 8.36. The number of rotatable bonds is 3. The van der Waals surface area contributed by atoms with Crippen molar-refractivity contribution in [1.29, 1.82) is 0 Å². The Balaban J connectivity index is 1.66. The number of carbonyl (C=O) groups excluding carboxylic acids is 3. The van der Waals surface area contributed by atoms with Gasteiger partial charge in [-0.05, 0) is 56.4 Å². The lowest BCUT2D eigenvalue weighted by Crippen LogP contribution is -2.55. The zero-order valence-corrected chi connectivity index (χ0v) is 17.0. The molecule has 28 heavy (non-hydrogen) atoms. The van der Waals surface area contributed by atoms with Crippen LogP contribution in [0, 0.1) is 22.7 Å². The van der Waals surface area contributed by atoms with Gasteiger partial charge in [0.2, 0.25) is 5.78 Å². The molecule has 4 aliphatic rings. The summed E-state index contributed by atoms with van der Waals surface area (Å²) in [5.41, 5.74) is 0.626. The van der Waals surface area contributed by atoms with E-state index in [0.29, 0.717) is 25.2 Å². The molecule has 0 aromatic carbocycles. The van der Waals surface area contributed by atoms with Crippen LogP contribution in [0.15, 0.2) is 23.3 Å². The van der Waals surface area contributed by atoms with E-state index in [1.54, 1.807) is 0 Å². The molecule has 2 saturated carbocycles. The lowest BCUT2D eigenvalue weighted by Gasteiger charge is -2.54. The van der Waals surface area contributed by atoms with Crippen molar-refractivity contribution in [3.63, 3.8) is 0 Å².